The molecule has 0 fully saturated rings. The minimum atomic E-state index is -3.87. The van der Waals surface area contributed by atoms with Gasteiger partial charge in [0.05, 0.1) is 12.0 Å². The topological polar surface area (TPSA) is 95.9 Å². The molecule has 1 aromatic carbocycles. The van der Waals surface area contributed by atoms with E-state index < -0.39 is 22.0 Å². The van der Waals surface area contributed by atoms with Crippen LogP contribution in [0.4, 0.5) is 0 Å². The molecule has 2 N–H and O–H groups in total. The van der Waals surface area contributed by atoms with Crippen molar-refractivity contribution >= 4 is 15.9 Å². The highest BCUT2D eigenvalue weighted by atomic mass is 32.2. The van der Waals surface area contributed by atoms with Gasteiger partial charge in [0.2, 0.25) is 10.0 Å². The summed E-state index contributed by atoms with van der Waals surface area (Å²) >= 11 is 0. The SMILES string of the molecule is CCN([C@@H](C(=O)NO)C(C)C)S(=O)(=O)c1ccc(OC)cc1. The maximum Gasteiger partial charge on any atom is 0.262 e. The number of amides is 1. The van der Waals surface area contributed by atoms with Crippen LogP contribution in [0.1, 0.15) is 20.8 Å². The largest absolute Gasteiger partial charge is 0.497 e. The fraction of sp³-hybridized carbons (Fsp3) is 0.500. The molecule has 1 rings (SSSR count). The summed E-state index contributed by atoms with van der Waals surface area (Å²) in [7, 11) is -2.38. The number of sulfonamides is 1. The number of rotatable bonds is 7. The Bertz CT molecular complexity index is 598. The molecule has 0 aromatic heterocycles. The van der Waals surface area contributed by atoms with Crippen LogP contribution in [0.15, 0.2) is 29.2 Å². The number of ether oxygens (including phenoxy) is 1. The quantitative estimate of drug-likeness (QED) is 0.579. The van der Waals surface area contributed by atoms with Crippen molar-refractivity contribution in [3.05, 3.63) is 24.3 Å². The number of carbonyl (C=O) groups is 1. The maximum absolute atomic E-state index is 12.8. The highest BCUT2D eigenvalue weighted by Crippen LogP contribution is 2.23. The second-order valence-corrected chi connectivity index (χ2v) is 6.94. The molecule has 0 radical (unpaired) electrons. The van der Waals surface area contributed by atoms with E-state index in [4.69, 9.17) is 9.94 Å². The lowest BCUT2D eigenvalue weighted by molar-refractivity contribution is -0.134. The highest BCUT2D eigenvalue weighted by molar-refractivity contribution is 7.89. The zero-order valence-electron chi connectivity index (χ0n) is 13.1. The van der Waals surface area contributed by atoms with Crippen LogP contribution in [0.5, 0.6) is 5.75 Å². The summed E-state index contributed by atoms with van der Waals surface area (Å²) in [6.07, 6.45) is 0. The molecule has 7 nitrogen and oxygen atoms in total. The van der Waals surface area contributed by atoms with E-state index in [1.165, 1.54) is 36.9 Å². The molecule has 0 aliphatic carbocycles. The van der Waals surface area contributed by atoms with Crippen LogP contribution in [0, 0.1) is 5.92 Å². The molecule has 0 saturated carbocycles. The third-order valence-corrected chi connectivity index (χ3v) is 5.27. The Hall–Kier alpha value is -1.64. The van der Waals surface area contributed by atoms with E-state index >= 15 is 0 Å². The van der Waals surface area contributed by atoms with Crippen molar-refractivity contribution in [3.8, 4) is 5.75 Å². The molecule has 0 aliphatic heterocycles. The Morgan fingerprint density at radius 1 is 1.32 bits per heavy atom. The van der Waals surface area contributed by atoms with E-state index in [1.54, 1.807) is 20.8 Å². The second kappa shape index (κ2) is 7.57. The molecule has 0 bridgehead atoms. The number of nitrogens with zero attached hydrogens (tertiary/aromatic N) is 1. The Morgan fingerprint density at radius 2 is 1.86 bits per heavy atom. The van der Waals surface area contributed by atoms with E-state index in [9.17, 15) is 13.2 Å². The molecule has 1 amide bonds. The number of methoxy groups -OCH3 is 1. The van der Waals surface area contributed by atoms with Crippen molar-refractivity contribution in [3.63, 3.8) is 0 Å². The zero-order chi connectivity index (χ0) is 16.9. The average molecular weight is 330 g/mol. The van der Waals surface area contributed by atoms with Crippen molar-refractivity contribution in [2.75, 3.05) is 13.7 Å². The second-order valence-electron chi connectivity index (χ2n) is 5.05. The Kier molecular flexibility index (Phi) is 6.34. The molecule has 0 unspecified atom stereocenters. The van der Waals surface area contributed by atoms with Crippen LogP contribution in [0.25, 0.3) is 0 Å². The fourth-order valence-electron chi connectivity index (χ4n) is 2.23. The molecular formula is C14H22N2O5S. The minimum Gasteiger partial charge on any atom is -0.497 e. The lowest BCUT2D eigenvalue weighted by Gasteiger charge is -2.30. The molecule has 1 atom stereocenters. The van der Waals surface area contributed by atoms with Crippen molar-refractivity contribution in [2.24, 2.45) is 5.92 Å². The van der Waals surface area contributed by atoms with Crippen LogP contribution < -0.4 is 10.2 Å². The van der Waals surface area contributed by atoms with E-state index in [1.807, 2.05) is 0 Å². The number of hydrogen-bond acceptors (Lipinski definition) is 5. The van der Waals surface area contributed by atoms with Crippen LogP contribution in [-0.4, -0.2) is 43.5 Å². The Balaban J connectivity index is 3.27. The van der Waals surface area contributed by atoms with Gasteiger partial charge in [0.1, 0.15) is 11.8 Å². The minimum absolute atomic E-state index is 0.0616. The van der Waals surface area contributed by atoms with Gasteiger partial charge in [-0.1, -0.05) is 20.8 Å². The first-order chi connectivity index (χ1) is 10.3. The highest BCUT2D eigenvalue weighted by Gasteiger charge is 2.36. The first-order valence-electron chi connectivity index (χ1n) is 6.89. The third kappa shape index (κ3) is 3.76. The molecule has 1 aromatic rings. The summed E-state index contributed by atoms with van der Waals surface area (Å²) in [6, 6.07) is 4.92. The van der Waals surface area contributed by atoms with Gasteiger partial charge in [0, 0.05) is 6.54 Å². The fourth-order valence-corrected chi connectivity index (χ4v) is 3.96. The van der Waals surface area contributed by atoms with E-state index in [0.717, 1.165) is 4.31 Å². The summed E-state index contributed by atoms with van der Waals surface area (Å²) < 4.78 is 31.6. The average Bonchev–Trinajstić information content (AvgIpc) is 2.51. The molecule has 0 saturated heterocycles. The van der Waals surface area contributed by atoms with Gasteiger partial charge < -0.3 is 4.74 Å². The van der Waals surface area contributed by atoms with Gasteiger partial charge in [-0.15, -0.1) is 0 Å². The molecule has 124 valence electrons. The summed E-state index contributed by atoms with van der Waals surface area (Å²) in [5, 5.41) is 8.87. The van der Waals surface area contributed by atoms with Gasteiger partial charge in [-0.2, -0.15) is 4.31 Å². The monoisotopic (exact) mass is 330 g/mol. The normalized spacial score (nSPS) is 13.2. The zero-order valence-corrected chi connectivity index (χ0v) is 13.9. The lowest BCUT2D eigenvalue weighted by Crippen LogP contribution is -2.51. The van der Waals surface area contributed by atoms with Crippen LogP contribution in [-0.2, 0) is 14.8 Å². The molecule has 0 spiro atoms. The Morgan fingerprint density at radius 3 is 2.23 bits per heavy atom. The first-order valence-corrected chi connectivity index (χ1v) is 8.33. The van der Waals surface area contributed by atoms with Crippen LogP contribution in [0.3, 0.4) is 0 Å². The Labute approximate surface area is 130 Å². The first kappa shape index (κ1) is 18.4. The number of hydrogen-bond donors (Lipinski definition) is 2. The molecule has 8 heteroatoms. The predicted octanol–water partition coefficient (Wildman–Crippen LogP) is 1.24. The number of nitrogens with one attached hydrogen (secondary N) is 1. The van der Waals surface area contributed by atoms with Gasteiger partial charge in [0.15, 0.2) is 0 Å². The number of likely N-dealkylation sites (N-methyl/N-ethyl adjacent to an activating group) is 1. The number of carbonyl (C=O) groups excluding carboxylic acids is 1. The summed E-state index contributed by atoms with van der Waals surface area (Å²) in [6.45, 7) is 5.17. The third-order valence-electron chi connectivity index (χ3n) is 3.30. The molecule has 22 heavy (non-hydrogen) atoms. The molecule has 0 heterocycles. The van der Waals surface area contributed by atoms with Gasteiger partial charge in [-0.05, 0) is 30.2 Å². The van der Waals surface area contributed by atoms with Crippen LogP contribution >= 0.6 is 0 Å². The summed E-state index contributed by atoms with van der Waals surface area (Å²) in [5.41, 5.74) is 1.54. The standard InChI is InChI=1S/C14H22N2O5S/c1-5-16(13(10(2)3)14(17)15-18)22(19,20)12-8-6-11(21-4)7-9-12/h6-10,13,18H,5H2,1-4H3,(H,15,17)/t13-/m1/s1. The summed E-state index contributed by atoms with van der Waals surface area (Å²) in [4.78, 5) is 11.9. The van der Waals surface area contributed by atoms with E-state index in [-0.39, 0.29) is 17.4 Å². The van der Waals surface area contributed by atoms with Gasteiger partial charge >= 0.3 is 0 Å². The summed E-state index contributed by atoms with van der Waals surface area (Å²) in [5.74, 6) is -0.524. The predicted molar refractivity (Wildman–Crippen MR) is 81.1 cm³/mol. The molecule has 0 aliphatic rings. The van der Waals surface area contributed by atoms with Crippen molar-refractivity contribution < 1.29 is 23.2 Å². The number of benzene rings is 1. The molecular weight excluding hydrogens is 308 g/mol. The number of hydroxylamine groups is 1. The lowest BCUT2D eigenvalue weighted by atomic mass is 10.0. The van der Waals surface area contributed by atoms with Gasteiger partial charge in [-0.3, -0.25) is 10.0 Å². The van der Waals surface area contributed by atoms with Gasteiger partial charge in [0.25, 0.3) is 5.91 Å². The van der Waals surface area contributed by atoms with Gasteiger partial charge in [-0.25, -0.2) is 13.9 Å². The van der Waals surface area contributed by atoms with Crippen molar-refractivity contribution in [1.29, 1.82) is 0 Å². The van der Waals surface area contributed by atoms with E-state index in [0.29, 0.717) is 5.75 Å². The van der Waals surface area contributed by atoms with Crippen molar-refractivity contribution in [1.82, 2.24) is 9.79 Å². The van der Waals surface area contributed by atoms with Crippen LogP contribution in [0.2, 0.25) is 0 Å². The van der Waals surface area contributed by atoms with Crippen molar-refractivity contribution in [2.45, 2.75) is 31.7 Å². The smallest absolute Gasteiger partial charge is 0.262 e. The maximum atomic E-state index is 12.8. The van der Waals surface area contributed by atoms with E-state index in [2.05, 4.69) is 0 Å².